The molecule has 2 aromatic rings. The lowest BCUT2D eigenvalue weighted by atomic mass is 10.1. The summed E-state index contributed by atoms with van der Waals surface area (Å²) in [5, 5.41) is 17.1. The molecule has 0 saturated carbocycles. The first-order valence-corrected chi connectivity index (χ1v) is 9.03. The summed E-state index contributed by atoms with van der Waals surface area (Å²) in [6.45, 7) is 7.64. The Morgan fingerprint density at radius 1 is 1.29 bits per heavy atom. The molecule has 0 bridgehead atoms. The highest BCUT2D eigenvalue weighted by molar-refractivity contribution is 6.08. The topological polar surface area (TPSA) is 101 Å². The standard InChI is InChI=1S/C19H24N6O2.ClH/c1-3-10-21-18(26)15-6-4-5-7-16(15)22-19(27)17-13(2)25(24-23-17)14-8-11-20-12-9-14;/h3-7,14,20H,1,8-12H2,2H3,(H,21,26)(H,22,27);1H. The first-order chi connectivity index (χ1) is 13.1. The van der Waals surface area contributed by atoms with Crippen molar-refractivity contribution in [1.29, 1.82) is 0 Å². The van der Waals surface area contributed by atoms with Crippen LogP contribution in [0.25, 0.3) is 0 Å². The average molecular weight is 405 g/mol. The molecule has 150 valence electrons. The number of benzene rings is 1. The van der Waals surface area contributed by atoms with E-state index < -0.39 is 0 Å². The van der Waals surface area contributed by atoms with Gasteiger partial charge < -0.3 is 16.0 Å². The summed E-state index contributed by atoms with van der Waals surface area (Å²) in [7, 11) is 0. The zero-order chi connectivity index (χ0) is 19.2. The minimum Gasteiger partial charge on any atom is -0.349 e. The van der Waals surface area contributed by atoms with Crippen LogP contribution in [0.1, 0.15) is 45.4 Å². The van der Waals surface area contributed by atoms with E-state index in [0.29, 0.717) is 17.8 Å². The number of nitrogens with zero attached hydrogens (tertiary/aromatic N) is 3. The number of piperidine rings is 1. The molecule has 28 heavy (non-hydrogen) atoms. The van der Waals surface area contributed by atoms with Crippen LogP contribution in [0.5, 0.6) is 0 Å². The van der Waals surface area contributed by atoms with E-state index in [1.54, 1.807) is 30.3 Å². The minimum absolute atomic E-state index is 0. The van der Waals surface area contributed by atoms with Gasteiger partial charge in [0.25, 0.3) is 11.8 Å². The predicted molar refractivity (Wildman–Crippen MR) is 110 cm³/mol. The van der Waals surface area contributed by atoms with Crippen molar-refractivity contribution in [2.75, 3.05) is 25.0 Å². The van der Waals surface area contributed by atoms with Gasteiger partial charge in [0.05, 0.1) is 23.0 Å². The summed E-state index contributed by atoms with van der Waals surface area (Å²) < 4.78 is 1.83. The van der Waals surface area contributed by atoms with Crippen LogP contribution in [0.3, 0.4) is 0 Å². The Kier molecular flexibility index (Phi) is 7.71. The Hall–Kier alpha value is -2.71. The van der Waals surface area contributed by atoms with Crippen LogP contribution in [0.2, 0.25) is 0 Å². The molecule has 1 fully saturated rings. The second kappa shape index (κ2) is 10.0. The molecule has 0 unspecified atom stereocenters. The van der Waals surface area contributed by atoms with Gasteiger partial charge in [-0.2, -0.15) is 0 Å². The molecule has 0 radical (unpaired) electrons. The lowest BCUT2D eigenvalue weighted by molar-refractivity contribution is 0.0959. The minimum atomic E-state index is -0.378. The van der Waals surface area contributed by atoms with Gasteiger partial charge in [0.15, 0.2) is 5.69 Å². The van der Waals surface area contributed by atoms with Gasteiger partial charge >= 0.3 is 0 Å². The fraction of sp³-hybridized carbons (Fsp3) is 0.368. The summed E-state index contributed by atoms with van der Waals surface area (Å²) in [5.74, 6) is -0.655. The second-order valence-corrected chi connectivity index (χ2v) is 6.45. The third kappa shape index (κ3) is 4.76. The van der Waals surface area contributed by atoms with E-state index in [2.05, 4.69) is 32.8 Å². The third-order valence-electron chi connectivity index (χ3n) is 4.62. The fourth-order valence-electron chi connectivity index (χ4n) is 3.18. The molecule has 2 heterocycles. The first-order valence-electron chi connectivity index (χ1n) is 9.03. The summed E-state index contributed by atoms with van der Waals surface area (Å²) in [6, 6.07) is 7.10. The van der Waals surface area contributed by atoms with Gasteiger partial charge in [-0.15, -0.1) is 24.1 Å². The zero-order valence-corrected chi connectivity index (χ0v) is 16.6. The Bertz CT molecular complexity index is 845. The maximum Gasteiger partial charge on any atom is 0.278 e. The van der Waals surface area contributed by atoms with E-state index in [1.165, 1.54) is 0 Å². The van der Waals surface area contributed by atoms with Crippen LogP contribution in [0, 0.1) is 6.92 Å². The van der Waals surface area contributed by atoms with Gasteiger partial charge in [-0.1, -0.05) is 23.4 Å². The number of rotatable bonds is 6. The van der Waals surface area contributed by atoms with Gasteiger partial charge in [0, 0.05) is 6.54 Å². The van der Waals surface area contributed by atoms with Crippen LogP contribution < -0.4 is 16.0 Å². The van der Waals surface area contributed by atoms with Crippen molar-refractivity contribution in [3.05, 3.63) is 53.9 Å². The van der Waals surface area contributed by atoms with E-state index in [0.717, 1.165) is 31.6 Å². The highest BCUT2D eigenvalue weighted by atomic mass is 35.5. The van der Waals surface area contributed by atoms with Crippen molar-refractivity contribution in [2.45, 2.75) is 25.8 Å². The number of carbonyl (C=O) groups is 2. The number of hydrogen-bond donors (Lipinski definition) is 3. The maximum absolute atomic E-state index is 12.7. The molecule has 9 heteroatoms. The lowest BCUT2D eigenvalue weighted by Gasteiger charge is -2.23. The van der Waals surface area contributed by atoms with Gasteiger partial charge in [-0.25, -0.2) is 4.68 Å². The smallest absolute Gasteiger partial charge is 0.278 e. The molecule has 1 aliphatic heterocycles. The van der Waals surface area contributed by atoms with Crippen molar-refractivity contribution in [1.82, 2.24) is 25.6 Å². The van der Waals surface area contributed by atoms with E-state index in [9.17, 15) is 9.59 Å². The van der Waals surface area contributed by atoms with Crippen molar-refractivity contribution in [3.8, 4) is 0 Å². The number of halogens is 1. The molecule has 0 aliphatic carbocycles. The highest BCUT2D eigenvalue weighted by Crippen LogP contribution is 2.21. The van der Waals surface area contributed by atoms with Crippen LogP contribution >= 0.6 is 12.4 Å². The molecule has 1 aromatic carbocycles. The van der Waals surface area contributed by atoms with E-state index in [4.69, 9.17) is 0 Å². The monoisotopic (exact) mass is 404 g/mol. The average Bonchev–Trinajstić information content (AvgIpc) is 3.08. The molecule has 0 atom stereocenters. The molecule has 0 spiro atoms. The molecule has 2 amide bonds. The van der Waals surface area contributed by atoms with Crippen molar-refractivity contribution < 1.29 is 9.59 Å². The van der Waals surface area contributed by atoms with Gasteiger partial charge in [0.2, 0.25) is 0 Å². The van der Waals surface area contributed by atoms with Crippen molar-refractivity contribution in [3.63, 3.8) is 0 Å². The van der Waals surface area contributed by atoms with E-state index in [-0.39, 0.29) is 36.0 Å². The van der Waals surface area contributed by atoms with E-state index >= 15 is 0 Å². The number of para-hydroxylation sites is 1. The van der Waals surface area contributed by atoms with E-state index in [1.807, 2.05) is 11.6 Å². The largest absolute Gasteiger partial charge is 0.349 e. The highest BCUT2D eigenvalue weighted by Gasteiger charge is 2.23. The fourth-order valence-corrected chi connectivity index (χ4v) is 3.18. The van der Waals surface area contributed by atoms with Gasteiger partial charge in [-0.3, -0.25) is 9.59 Å². The van der Waals surface area contributed by atoms with Crippen LogP contribution in [-0.4, -0.2) is 46.4 Å². The summed E-state index contributed by atoms with van der Waals surface area (Å²) in [6.07, 6.45) is 3.51. The molecule has 1 aromatic heterocycles. The predicted octanol–water partition coefficient (Wildman–Crippen LogP) is 2.10. The molecular formula is C19H25ClN6O2. The second-order valence-electron chi connectivity index (χ2n) is 6.45. The Morgan fingerprint density at radius 2 is 2.00 bits per heavy atom. The quantitative estimate of drug-likeness (QED) is 0.640. The molecular weight excluding hydrogens is 380 g/mol. The number of hydrogen-bond acceptors (Lipinski definition) is 5. The van der Waals surface area contributed by atoms with Crippen LogP contribution in [0.4, 0.5) is 5.69 Å². The molecule has 8 nitrogen and oxygen atoms in total. The summed E-state index contributed by atoms with van der Waals surface area (Å²) >= 11 is 0. The number of aromatic nitrogens is 3. The zero-order valence-electron chi connectivity index (χ0n) is 15.8. The number of carbonyl (C=O) groups excluding carboxylic acids is 2. The van der Waals surface area contributed by atoms with Crippen molar-refractivity contribution in [2.24, 2.45) is 0 Å². The van der Waals surface area contributed by atoms with Crippen LogP contribution in [0.15, 0.2) is 36.9 Å². The van der Waals surface area contributed by atoms with Crippen molar-refractivity contribution >= 4 is 29.9 Å². The Balaban J connectivity index is 0.00000280. The van der Waals surface area contributed by atoms with Crippen LogP contribution in [-0.2, 0) is 0 Å². The Morgan fingerprint density at radius 3 is 2.71 bits per heavy atom. The summed E-state index contributed by atoms with van der Waals surface area (Å²) in [5.41, 5.74) is 1.82. The Labute approximate surface area is 170 Å². The number of amides is 2. The molecule has 3 rings (SSSR count). The van der Waals surface area contributed by atoms with Gasteiger partial charge in [-0.05, 0) is 45.0 Å². The first kappa shape index (κ1) is 21.6. The molecule has 1 saturated heterocycles. The normalized spacial score (nSPS) is 14.0. The van der Waals surface area contributed by atoms with Gasteiger partial charge in [0.1, 0.15) is 0 Å². The number of anilines is 1. The number of nitrogens with one attached hydrogen (secondary N) is 3. The summed E-state index contributed by atoms with van der Waals surface area (Å²) in [4.78, 5) is 25.0. The maximum atomic E-state index is 12.7. The SMILES string of the molecule is C=CCNC(=O)c1ccccc1NC(=O)c1nnn(C2CCNCC2)c1C.Cl. The third-order valence-corrected chi connectivity index (χ3v) is 4.62. The molecule has 1 aliphatic rings. The lowest BCUT2D eigenvalue weighted by Crippen LogP contribution is -2.30. The molecule has 3 N–H and O–H groups in total.